The normalized spacial score (nSPS) is 9.90. The molecular formula is C6H3BrI2O. The van der Waals surface area contributed by atoms with Crippen LogP contribution in [0.5, 0.6) is 5.75 Å². The molecule has 1 rings (SSSR count). The van der Waals surface area contributed by atoms with Crippen LogP contribution in [0.25, 0.3) is 0 Å². The van der Waals surface area contributed by atoms with Gasteiger partial charge in [0.2, 0.25) is 0 Å². The Morgan fingerprint density at radius 2 is 1.70 bits per heavy atom. The Bertz CT molecular complexity index is 212. The smallest absolute Gasteiger partial charge is 0.130 e. The van der Waals surface area contributed by atoms with E-state index in [1.165, 1.54) is 0 Å². The summed E-state index contributed by atoms with van der Waals surface area (Å²) in [7, 11) is 0. The quantitative estimate of drug-likeness (QED) is 0.500. The molecule has 0 aliphatic carbocycles. The van der Waals surface area contributed by atoms with Gasteiger partial charge >= 0.3 is 0 Å². The van der Waals surface area contributed by atoms with Crippen LogP contribution in [0, 0.1) is 7.14 Å². The number of phenolic OH excluding ortho intramolecular Hbond substituents is 1. The molecule has 0 amide bonds. The van der Waals surface area contributed by atoms with E-state index in [-0.39, 0.29) is 0 Å². The molecule has 1 aromatic rings. The first-order valence-corrected chi connectivity index (χ1v) is 5.40. The highest BCUT2D eigenvalue weighted by atomic mass is 127. The Hall–Kier alpha value is 0.960. The van der Waals surface area contributed by atoms with E-state index in [9.17, 15) is 0 Å². The summed E-state index contributed by atoms with van der Waals surface area (Å²) in [4.78, 5) is 0. The molecule has 0 saturated heterocycles. The molecule has 0 aliphatic heterocycles. The van der Waals surface area contributed by atoms with Crippen molar-refractivity contribution >= 4 is 61.1 Å². The first-order chi connectivity index (χ1) is 4.61. The van der Waals surface area contributed by atoms with Crippen LogP contribution in [0.2, 0.25) is 0 Å². The Morgan fingerprint density at radius 3 is 2.20 bits per heavy atom. The third kappa shape index (κ3) is 1.97. The Balaban J connectivity index is 3.28. The van der Waals surface area contributed by atoms with Gasteiger partial charge in [0.15, 0.2) is 0 Å². The number of hydrogen-bond donors (Lipinski definition) is 1. The third-order valence-electron chi connectivity index (χ3n) is 0.990. The van der Waals surface area contributed by atoms with Crippen LogP contribution in [-0.2, 0) is 0 Å². The molecule has 0 saturated carbocycles. The second-order valence-electron chi connectivity index (χ2n) is 1.72. The molecular weight excluding hydrogens is 422 g/mol. The van der Waals surface area contributed by atoms with Gasteiger partial charge in [-0.15, -0.1) is 0 Å². The van der Waals surface area contributed by atoms with Gasteiger partial charge in [-0.3, -0.25) is 0 Å². The summed E-state index contributed by atoms with van der Waals surface area (Å²) in [5, 5.41) is 9.17. The van der Waals surface area contributed by atoms with Crippen molar-refractivity contribution in [3.63, 3.8) is 0 Å². The van der Waals surface area contributed by atoms with Crippen LogP contribution in [0.3, 0.4) is 0 Å². The molecule has 0 spiro atoms. The zero-order valence-electron chi connectivity index (χ0n) is 4.74. The number of phenols is 1. The number of benzene rings is 1. The van der Waals surface area contributed by atoms with Gasteiger partial charge in [-0.2, -0.15) is 0 Å². The summed E-state index contributed by atoms with van der Waals surface area (Å²) in [6.07, 6.45) is 0. The standard InChI is InChI=1S/C6H3BrI2O/c7-3-1-4(8)5(9)2-6(3)10/h1-2,10H. The van der Waals surface area contributed by atoms with Crippen molar-refractivity contribution in [2.75, 3.05) is 0 Å². The van der Waals surface area contributed by atoms with Gasteiger partial charge in [0.25, 0.3) is 0 Å². The molecule has 0 fully saturated rings. The fourth-order valence-electron chi connectivity index (χ4n) is 0.512. The van der Waals surface area contributed by atoms with E-state index in [0.717, 1.165) is 11.6 Å². The van der Waals surface area contributed by atoms with Gasteiger partial charge in [0.1, 0.15) is 5.75 Å². The SMILES string of the molecule is Oc1cc(I)c(I)cc1Br. The fourth-order valence-corrected chi connectivity index (χ4v) is 2.20. The molecule has 54 valence electrons. The van der Waals surface area contributed by atoms with Crippen molar-refractivity contribution < 1.29 is 5.11 Å². The average molecular weight is 425 g/mol. The molecule has 0 bridgehead atoms. The lowest BCUT2D eigenvalue weighted by atomic mass is 10.3. The maximum absolute atomic E-state index is 9.17. The molecule has 10 heavy (non-hydrogen) atoms. The zero-order chi connectivity index (χ0) is 7.72. The topological polar surface area (TPSA) is 20.2 Å². The van der Waals surface area contributed by atoms with Crippen LogP contribution in [-0.4, -0.2) is 5.11 Å². The van der Waals surface area contributed by atoms with E-state index >= 15 is 0 Å². The molecule has 0 atom stereocenters. The molecule has 1 N–H and O–H groups in total. The second-order valence-corrected chi connectivity index (χ2v) is 4.90. The molecule has 0 unspecified atom stereocenters. The van der Waals surface area contributed by atoms with Gasteiger partial charge < -0.3 is 5.11 Å². The van der Waals surface area contributed by atoms with Gasteiger partial charge in [0.05, 0.1) is 4.47 Å². The largest absolute Gasteiger partial charge is 0.507 e. The van der Waals surface area contributed by atoms with Crippen LogP contribution < -0.4 is 0 Å². The Labute approximate surface area is 94.6 Å². The minimum Gasteiger partial charge on any atom is -0.507 e. The van der Waals surface area contributed by atoms with E-state index in [2.05, 4.69) is 61.1 Å². The highest BCUT2D eigenvalue weighted by molar-refractivity contribution is 14.1. The summed E-state index contributed by atoms with van der Waals surface area (Å²) < 4.78 is 2.96. The van der Waals surface area contributed by atoms with E-state index in [1.54, 1.807) is 6.07 Å². The first kappa shape index (κ1) is 9.05. The number of halogens is 3. The number of hydrogen-bond acceptors (Lipinski definition) is 1. The molecule has 0 aliphatic rings. The van der Waals surface area contributed by atoms with Crippen molar-refractivity contribution in [3.05, 3.63) is 23.7 Å². The average Bonchev–Trinajstić information content (AvgIpc) is 1.84. The first-order valence-electron chi connectivity index (χ1n) is 2.45. The lowest BCUT2D eigenvalue weighted by Crippen LogP contribution is -1.78. The van der Waals surface area contributed by atoms with E-state index < -0.39 is 0 Å². The maximum Gasteiger partial charge on any atom is 0.130 e. The predicted octanol–water partition coefficient (Wildman–Crippen LogP) is 3.36. The van der Waals surface area contributed by atoms with Crippen molar-refractivity contribution in [2.45, 2.75) is 0 Å². The lowest BCUT2D eigenvalue weighted by Gasteiger charge is -1.99. The summed E-state index contributed by atoms with van der Waals surface area (Å²) in [5.74, 6) is 0.296. The minimum absolute atomic E-state index is 0.296. The van der Waals surface area contributed by atoms with Gasteiger partial charge in [0, 0.05) is 7.14 Å². The second kappa shape index (κ2) is 3.57. The third-order valence-corrected chi connectivity index (χ3v) is 4.44. The van der Waals surface area contributed by atoms with E-state index in [4.69, 9.17) is 5.11 Å². The molecule has 1 aromatic carbocycles. The molecule has 4 heteroatoms. The lowest BCUT2D eigenvalue weighted by molar-refractivity contribution is 0.471. The summed E-state index contributed by atoms with van der Waals surface area (Å²) in [6, 6.07) is 3.62. The Morgan fingerprint density at radius 1 is 1.20 bits per heavy atom. The maximum atomic E-state index is 9.17. The minimum atomic E-state index is 0.296. The van der Waals surface area contributed by atoms with Gasteiger partial charge in [-0.05, 0) is 73.2 Å². The molecule has 0 radical (unpaired) electrons. The van der Waals surface area contributed by atoms with Crippen molar-refractivity contribution in [2.24, 2.45) is 0 Å². The summed E-state index contributed by atoms with van der Waals surface area (Å²) in [5.41, 5.74) is 0. The van der Waals surface area contributed by atoms with E-state index in [0.29, 0.717) is 5.75 Å². The highest BCUT2D eigenvalue weighted by Gasteiger charge is 2.01. The Kier molecular flexibility index (Phi) is 3.23. The molecule has 1 nitrogen and oxygen atoms in total. The van der Waals surface area contributed by atoms with Gasteiger partial charge in [-0.25, -0.2) is 0 Å². The predicted molar refractivity (Wildman–Crippen MR) is 61.2 cm³/mol. The summed E-state index contributed by atoms with van der Waals surface area (Å²) in [6.45, 7) is 0. The number of aromatic hydroxyl groups is 1. The van der Waals surface area contributed by atoms with Crippen LogP contribution >= 0.6 is 61.1 Å². The number of rotatable bonds is 0. The van der Waals surface area contributed by atoms with Crippen LogP contribution in [0.15, 0.2) is 16.6 Å². The zero-order valence-corrected chi connectivity index (χ0v) is 10.6. The van der Waals surface area contributed by atoms with Crippen LogP contribution in [0.4, 0.5) is 0 Å². The van der Waals surface area contributed by atoms with Crippen molar-refractivity contribution in [1.82, 2.24) is 0 Å². The summed E-state index contributed by atoms with van der Waals surface area (Å²) >= 11 is 7.62. The van der Waals surface area contributed by atoms with Crippen molar-refractivity contribution in [3.8, 4) is 5.75 Å². The molecule has 0 heterocycles. The van der Waals surface area contributed by atoms with Crippen molar-refractivity contribution in [1.29, 1.82) is 0 Å². The van der Waals surface area contributed by atoms with Gasteiger partial charge in [-0.1, -0.05) is 0 Å². The monoisotopic (exact) mass is 424 g/mol. The van der Waals surface area contributed by atoms with Crippen LogP contribution in [0.1, 0.15) is 0 Å². The van der Waals surface area contributed by atoms with E-state index in [1.807, 2.05) is 6.07 Å². The highest BCUT2D eigenvalue weighted by Crippen LogP contribution is 2.28. The molecule has 0 aromatic heterocycles. The fraction of sp³-hybridized carbons (Fsp3) is 0.